The highest BCUT2D eigenvalue weighted by Crippen LogP contribution is 2.22. The van der Waals surface area contributed by atoms with Crippen molar-refractivity contribution in [2.45, 2.75) is 25.8 Å². The van der Waals surface area contributed by atoms with E-state index in [0.717, 1.165) is 42.7 Å². The SMILES string of the molecule is O=C(Cc1ccc(N(Cc2ccccc2)C(=O)c2ccco2)cc1)N1CCCC1. The van der Waals surface area contributed by atoms with E-state index in [1.807, 2.05) is 59.5 Å². The highest BCUT2D eigenvalue weighted by atomic mass is 16.3. The molecule has 4 rings (SSSR count). The monoisotopic (exact) mass is 388 g/mol. The quantitative estimate of drug-likeness (QED) is 0.633. The lowest BCUT2D eigenvalue weighted by atomic mass is 10.1. The van der Waals surface area contributed by atoms with Gasteiger partial charge >= 0.3 is 0 Å². The molecule has 0 radical (unpaired) electrons. The van der Waals surface area contributed by atoms with E-state index in [4.69, 9.17) is 4.42 Å². The number of anilines is 1. The molecule has 5 heteroatoms. The average molecular weight is 388 g/mol. The lowest BCUT2D eigenvalue weighted by Crippen LogP contribution is -2.30. The van der Waals surface area contributed by atoms with Crippen molar-refractivity contribution in [3.63, 3.8) is 0 Å². The standard InChI is InChI=1S/C24H24N2O3/c27-23(25-14-4-5-15-25)17-19-10-12-21(13-11-19)26(18-20-7-2-1-3-8-20)24(28)22-9-6-16-29-22/h1-3,6-13,16H,4-5,14-15,17-18H2. The van der Waals surface area contributed by atoms with Crippen molar-refractivity contribution in [2.75, 3.05) is 18.0 Å². The molecule has 3 aromatic rings. The van der Waals surface area contributed by atoms with Gasteiger partial charge in [-0.1, -0.05) is 42.5 Å². The van der Waals surface area contributed by atoms with Crippen LogP contribution in [0.2, 0.25) is 0 Å². The van der Waals surface area contributed by atoms with Gasteiger partial charge in [-0.05, 0) is 48.2 Å². The first-order valence-corrected chi connectivity index (χ1v) is 9.97. The Bertz CT molecular complexity index is 944. The van der Waals surface area contributed by atoms with Crippen LogP contribution in [0, 0.1) is 0 Å². The van der Waals surface area contributed by atoms with Crippen LogP contribution in [0.4, 0.5) is 5.69 Å². The maximum atomic E-state index is 13.0. The fraction of sp³-hybridized carbons (Fsp3) is 0.250. The van der Waals surface area contributed by atoms with Crippen LogP contribution < -0.4 is 4.90 Å². The minimum Gasteiger partial charge on any atom is -0.459 e. The zero-order chi connectivity index (χ0) is 20.1. The minimum absolute atomic E-state index is 0.169. The van der Waals surface area contributed by atoms with Gasteiger partial charge in [-0.15, -0.1) is 0 Å². The third kappa shape index (κ3) is 4.57. The summed E-state index contributed by atoms with van der Waals surface area (Å²) < 4.78 is 5.33. The third-order valence-electron chi connectivity index (χ3n) is 5.22. The molecule has 2 aromatic carbocycles. The first-order chi connectivity index (χ1) is 14.2. The molecular weight excluding hydrogens is 364 g/mol. The largest absolute Gasteiger partial charge is 0.459 e. The molecule has 0 spiro atoms. The molecule has 1 aromatic heterocycles. The second-order valence-corrected chi connectivity index (χ2v) is 7.29. The Kier molecular flexibility index (Phi) is 5.75. The molecule has 1 aliphatic heterocycles. The molecule has 0 bridgehead atoms. The van der Waals surface area contributed by atoms with Gasteiger partial charge < -0.3 is 14.2 Å². The van der Waals surface area contributed by atoms with Crippen molar-refractivity contribution in [3.8, 4) is 0 Å². The van der Waals surface area contributed by atoms with Gasteiger partial charge in [0.15, 0.2) is 5.76 Å². The maximum absolute atomic E-state index is 13.0. The Morgan fingerprint density at radius 3 is 2.24 bits per heavy atom. The van der Waals surface area contributed by atoms with Gasteiger partial charge in [-0.3, -0.25) is 9.59 Å². The lowest BCUT2D eigenvalue weighted by Gasteiger charge is -2.22. The van der Waals surface area contributed by atoms with E-state index < -0.39 is 0 Å². The topological polar surface area (TPSA) is 53.8 Å². The highest BCUT2D eigenvalue weighted by Gasteiger charge is 2.21. The molecule has 1 fully saturated rings. The molecule has 2 amide bonds. The number of amides is 2. The molecule has 1 saturated heterocycles. The first kappa shape index (κ1) is 19.0. The molecule has 0 N–H and O–H groups in total. The van der Waals surface area contributed by atoms with Gasteiger partial charge in [-0.25, -0.2) is 0 Å². The Morgan fingerprint density at radius 1 is 0.862 bits per heavy atom. The summed E-state index contributed by atoms with van der Waals surface area (Å²) in [4.78, 5) is 29.0. The van der Waals surface area contributed by atoms with Gasteiger partial charge in [0.25, 0.3) is 5.91 Å². The second kappa shape index (κ2) is 8.78. The van der Waals surface area contributed by atoms with Crippen LogP contribution in [-0.2, 0) is 17.8 Å². The predicted octanol–water partition coefficient (Wildman–Crippen LogP) is 4.29. The summed E-state index contributed by atoms with van der Waals surface area (Å²) in [6, 6.07) is 20.9. The molecule has 0 atom stereocenters. The zero-order valence-corrected chi connectivity index (χ0v) is 16.3. The fourth-order valence-electron chi connectivity index (χ4n) is 3.63. The van der Waals surface area contributed by atoms with Crippen molar-refractivity contribution in [1.29, 1.82) is 0 Å². The molecule has 5 nitrogen and oxygen atoms in total. The lowest BCUT2D eigenvalue weighted by molar-refractivity contribution is -0.129. The normalized spacial score (nSPS) is 13.4. The van der Waals surface area contributed by atoms with E-state index in [1.54, 1.807) is 17.0 Å². The fourth-order valence-corrected chi connectivity index (χ4v) is 3.63. The summed E-state index contributed by atoms with van der Waals surface area (Å²) in [7, 11) is 0. The van der Waals surface area contributed by atoms with Gasteiger partial charge in [0.2, 0.25) is 5.91 Å². The van der Waals surface area contributed by atoms with Crippen LogP contribution in [0.1, 0.15) is 34.5 Å². The number of nitrogens with zero attached hydrogens (tertiary/aromatic N) is 2. The van der Waals surface area contributed by atoms with E-state index in [1.165, 1.54) is 6.26 Å². The van der Waals surface area contributed by atoms with Crippen molar-refractivity contribution in [1.82, 2.24) is 4.90 Å². The minimum atomic E-state index is -0.195. The molecule has 0 aliphatic carbocycles. The maximum Gasteiger partial charge on any atom is 0.294 e. The number of furan rings is 1. The van der Waals surface area contributed by atoms with Gasteiger partial charge in [0.1, 0.15) is 0 Å². The van der Waals surface area contributed by atoms with Crippen molar-refractivity contribution < 1.29 is 14.0 Å². The summed E-state index contributed by atoms with van der Waals surface area (Å²) in [6.07, 6.45) is 4.08. The second-order valence-electron chi connectivity index (χ2n) is 7.29. The van der Waals surface area contributed by atoms with Crippen LogP contribution in [0.25, 0.3) is 0 Å². The van der Waals surface area contributed by atoms with Crippen LogP contribution in [-0.4, -0.2) is 29.8 Å². The Balaban J connectivity index is 1.53. The molecule has 148 valence electrons. The summed E-state index contributed by atoms with van der Waals surface area (Å²) in [5.41, 5.74) is 2.75. The molecule has 29 heavy (non-hydrogen) atoms. The van der Waals surface area contributed by atoms with Gasteiger partial charge in [-0.2, -0.15) is 0 Å². The Hall–Kier alpha value is -3.34. The number of carbonyl (C=O) groups excluding carboxylic acids is 2. The smallest absolute Gasteiger partial charge is 0.294 e. The van der Waals surface area contributed by atoms with Gasteiger partial charge in [0.05, 0.1) is 19.2 Å². The van der Waals surface area contributed by atoms with E-state index in [9.17, 15) is 9.59 Å². The molecule has 0 saturated carbocycles. The van der Waals surface area contributed by atoms with Crippen LogP contribution in [0.3, 0.4) is 0 Å². The van der Waals surface area contributed by atoms with Crippen LogP contribution in [0.5, 0.6) is 0 Å². The highest BCUT2D eigenvalue weighted by molar-refractivity contribution is 6.04. The van der Waals surface area contributed by atoms with E-state index in [2.05, 4.69) is 0 Å². The molecular formula is C24H24N2O3. The molecule has 1 aliphatic rings. The number of rotatable bonds is 6. The predicted molar refractivity (Wildman–Crippen MR) is 112 cm³/mol. The average Bonchev–Trinajstić information content (AvgIpc) is 3.47. The van der Waals surface area contributed by atoms with Crippen LogP contribution in [0.15, 0.2) is 77.4 Å². The summed E-state index contributed by atoms with van der Waals surface area (Å²) >= 11 is 0. The summed E-state index contributed by atoms with van der Waals surface area (Å²) in [5, 5.41) is 0. The molecule has 2 heterocycles. The number of hydrogen-bond acceptors (Lipinski definition) is 3. The number of hydrogen-bond donors (Lipinski definition) is 0. The first-order valence-electron chi connectivity index (χ1n) is 9.97. The van der Waals surface area contributed by atoms with E-state index in [0.29, 0.717) is 18.7 Å². The Morgan fingerprint density at radius 2 is 1.59 bits per heavy atom. The Labute approximate surface area is 170 Å². The van der Waals surface area contributed by atoms with Gasteiger partial charge in [0, 0.05) is 18.8 Å². The zero-order valence-electron chi connectivity index (χ0n) is 16.3. The third-order valence-corrected chi connectivity index (χ3v) is 5.22. The molecule has 0 unspecified atom stereocenters. The van der Waals surface area contributed by atoms with Crippen LogP contribution >= 0.6 is 0 Å². The number of benzene rings is 2. The number of carbonyl (C=O) groups is 2. The summed E-state index contributed by atoms with van der Waals surface area (Å²) in [6.45, 7) is 2.16. The van der Waals surface area contributed by atoms with E-state index >= 15 is 0 Å². The van der Waals surface area contributed by atoms with Crippen molar-refractivity contribution in [2.24, 2.45) is 0 Å². The van der Waals surface area contributed by atoms with Crippen molar-refractivity contribution >= 4 is 17.5 Å². The van der Waals surface area contributed by atoms with Crippen molar-refractivity contribution in [3.05, 3.63) is 89.9 Å². The summed E-state index contributed by atoms with van der Waals surface area (Å²) in [5.74, 6) is 0.275. The van der Waals surface area contributed by atoms with E-state index in [-0.39, 0.29) is 11.8 Å². The number of likely N-dealkylation sites (tertiary alicyclic amines) is 1.